The van der Waals surface area contributed by atoms with Crippen LogP contribution in [0.3, 0.4) is 0 Å². The van der Waals surface area contributed by atoms with E-state index < -0.39 is 0 Å². The Bertz CT molecular complexity index is 508. The monoisotopic (exact) mass is 289 g/mol. The van der Waals surface area contributed by atoms with E-state index in [-0.39, 0.29) is 24.2 Å². The first kappa shape index (κ1) is 14.2. The molecule has 2 bridgehead atoms. The number of carbonyl (C=O) groups excluding carboxylic acids is 1. The Labute approximate surface area is 123 Å². The van der Waals surface area contributed by atoms with Crippen molar-refractivity contribution in [2.75, 3.05) is 19.8 Å². The van der Waals surface area contributed by atoms with Crippen molar-refractivity contribution in [3.05, 3.63) is 36.9 Å². The van der Waals surface area contributed by atoms with Crippen LogP contribution >= 0.6 is 0 Å². The molecule has 1 saturated heterocycles. The van der Waals surface area contributed by atoms with E-state index in [1.165, 1.54) is 12.4 Å². The summed E-state index contributed by atoms with van der Waals surface area (Å²) >= 11 is 0. The second-order valence-electron chi connectivity index (χ2n) is 5.23. The normalized spacial score (nSPS) is 28.2. The van der Waals surface area contributed by atoms with Crippen LogP contribution in [-0.4, -0.2) is 58.8 Å². The smallest absolute Gasteiger partial charge is 0.274 e. The molecule has 3 atom stereocenters. The first-order valence-corrected chi connectivity index (χ1v) is 7.22. The minimum atomic E-state index is -0.105. The second kappa shape index (κ2) is 6.32. The summed E-state index contributed by atoms with van der Waals surface area (Å²) in [5.74, 6) is -0.105. The van der Waals surface area contributed by atoms with E-state index in [4.69, 9.17) is 9.47 Å². The SMILES string of the molecule is C=CCO[C@@H]1[C@H]2CC[C@H]1OCCN2C(=O)c1cnccn1. The lowest BCUT2D eigenvalue weighted by Gasteiger charge is -2.30. The highest BCUT2D eigenvalue weighted by Gasteiger charge is 2.44. The summed E-state index contributed by atoms with van der Waals surface area (Å²) in [4.78, 5) is 22.5. The topological polar surface area (TPSA) is 64.6 Å². The molecule has 1 saturated carbocycles. The number of nitrogens with zero attached hydrogens (tertiary/aromatic N) is 3. The predicted octanol–water partition coefficient (Wildman–Crippen LogP) is 1.05. The zero-order valence-electron chi connectivity index (χ0n) is 11.9. The minimum absolute atomic E-state index is 0.0342. The van der Waals surface area contributed by atoms with Crippen LogP contribution in [0.5, 0.6) is 0 Å². The van der Waals surface area contributed by atoms with Gasteiger partial charge in [-0.1, -0.05) is 6.08 Å². The molecule has 1 amide bonds. The summed E-state index contributed by atoms with van der Waals surface area (Å²) in [6.45, 7) is 5.23. The van der Waals surface area contributed by atoms with Gasteiger partial charge >= 0.3 is 0 Å². The summed E-state index contributed by atoms with van der Waals surface area (Å²) in [6.07, 6.45) is 8.09. The van der Waals surface area contributed by atoms with Gasteiger partial charge in [0.2, 0.25) is 0 Å². The fourth-order valence-electron chi connectivity index (χ4n) is 3.10. The molecule has 0 unspecified atom stereocenters. The number of fused-ring (bicyclic) bond motifs is 2. The third-order valence-corrected chi connectivity index (χ3v) is 4.01. The van der Waals surface area contributed by atoms with Gasteiger partial charge in [-0.3, -0.25) is 9.78 Å². The largest absolute Gasteiger partial charge is 0.374 e. The highest BCUT2D eigenvalue weighted by atomic mass is 16.5. The number of aromatic nitrogens is 2. The Morgan fingerprint density at radius 3 is 3.19 bits per heavy atom. The van der Waals surface area contributed by atoms with Gasteiger partial charge in [0, 0.05) is 18.9 Å². The maximum absolute atomic E-state index is 12.7. The molecule has 0 aromatic carbocycles. The fourth-order valence-corrected chi connectivity index (χ4v) is 3.10. The summed E-state index contributed by atoms with van der Waals surface area (Å²) in [7, 11) is 0. The zero-order chi connectivity index (χ0) is 14.7. The second-order valence-corrected chi connectivity index (χ2v) is 5.23. The standard InChI is InChI=1S/C15H19N3O3/c1-2-8-21-14-12-3-4-13(14)20-9-7-18(12)15(19)11-10-16-5-6-17-11/h2,5-6,10,12-14H,1,3-4,7-9H2/t12-,13-,14-/m1/s1. The summed E-state index contributed by atoms with van der Waals surface area (Å²) in [5.41, 5.74) is 0.366. The molecule has 0 spiro atoms. The van der Waals surface area contributed by atoms with Gasteiger partial charge in [-0.05, 0) is 12.8 Å². The lowest BCUT2D eigenvalue weighted by molar-refractivity contribution is -0.0434. The quantitative estimate of drug-likeness (QED) is 0.775. The third-order valence-electron chi connectivity index (χ3n) is 4.01. The maximum atomic E-state index is 12.7. The molecule has 0 radical (unpaired) electrons. The molecule has 1 aromatic rings. The van der Waals surface area contributed by atoms with E-state index >= 15 is 0 Å². The number of ether oxygens (including phenoxy) is 2. The molecule has 2 fully saturated rings. The van der Waals surface area contributed by atoms with Crippen molar-refractivity contribution in [2.45, 2.75) is 31.1 Å². The highest BCUT2D eigenvalue weighted by molar-refractivity contribution is 5.92. The average Bonchev–Trinajstić information content (AvgIpc) is 2.81. The summed E-state index contributed by atoms with van der Waals surface area (Å²) < 4.78 is 11.7. The zero-order valence-corrected chi connectivity index (χ0v) is 11.9. The molecule has 1 aromatic heterocycles. The number of carbonyl (C=O) groups is 1. The van der Waals surface area contributed by atoms with E-state index in [2.05, 4.69) is 16.5 Å². The number of hydrogen-bond donors (Lipinski definition) is 0. The number of rotatable bonds is 4. The van der Waals surface area contributed by atoms with Crippen LogP contribution in [-0.2, 0) is 9.47 Å². The Morgan fingerprint density at radius 2 is 2.43 bits per heavy atom. The van der Waals surface area contributed by atoms with Crippen LogP contribution in [0, 0.1) is 0 Å². The third kappa shape index (κ3) is 2.82. The summed E-state index contributed by atoms with van der Waals surface area (Å²) in [6, 6.07) is 0.0342. The Kier molecular flexibility index (Phi) is 4.26. The van der Waals surface area contributed by atoms with Gasteiger partial charge in [-0.25, -0.2) is 4.98 Å². The van der Waals surface area contributed by atoms with Crippen molar-refractivity contribution in [3.63, 3.8) is 0 Å². The van der Waals surface area contributed by atoms with Crippen molar-refractivity contribution in [2.24, 2.45) is 0 Å². The fraction of sp³-hybridized carbons (Fsp3) is 0.533. The van der Waals surface area contributed by atoms with Crippen LogP contribution < -0.4 is 0 Å². The Morgan fingerprint density at radius 1 is 1.52 bits per heavy atom. The average molecular weight is 289 g/mol. The Hall–Kier alpha value is -1.79. The maximum Gasteiger partial charge on any atom is 0.274 e. The molecule has 0 N–H and O–H groups in total. The van der Waals surface area contributed by atoms with Crippen LogP contribution in [0.25, 0.3) is 0 Å². The van der Waals surface area contributed by atoms with Gasteiger partial charge in [0.15, 0.2) is 0 Å². The minimum Gasteiger partial charge on any atom is -0.374 e. The predicted molar refractivity (Wildman–Crippen MR) is 75.8 cm³/mol. The van der Waals surface area contributed by atoms with E-state index in [1.54, 1.807) is 12.3 Å². The van der Waals surface area contributed by atoms with Crippen LogP contribution in [0.1, 0.15) is 23.3 Å². The van der Waals surface area contributed by atoms with Crippen molar-refractivity contribution >= 4 is 5.91 Å². The van der Waals surface area contributed by atoms with Crippen molar-refractivity contribution in [1.29, 1.82) is 0 Å². The van der Waals surface area contributed by atoms with E-state index in [0.717, 1.165) is 12.8 Å². The van der Waals surface area contributed by atoms with Crippen LogP contribution in [0.15, 0.2) is 31.2 Å². The van der Waals surface area contributed by atoms with Crippen LogP contribution in [0.2, 0.25) is 0 Å². The van der Waals surface area contributed by atoms with Gasteiger partial charge in [-0.2, -0.15) is 0 Å². The van der Waals surface area contributed by atoms with Gasteiger partial charge < -0.3 is 14.4 Å². The number of hydrogen-bond acceptors (Lipinski definition) is 5. The van der Waals surface area contributed by atoms with Crippen molar-refractivity contribution in [3.8, 4) is 0 Å². The molecule has 6 nitrogen and oxygen atoms in total. The molecule has 21 heavy (non-hydrogen) atoms. The number of amides is 1. The molecule has 3 rings (SSSR count). The van der Waals surface area contributed by atoms with Gasteiger partial charge in [-0.15, -0.1) is 6.58 Å². The van der Waals surface area contributed by atoms with Gasteiger partial charge in [0.25, 0.3) is 5.91 Å². The molecule has 1 aliphatic heterocycles. The van der Waals surface area contributed by atoms with Gasteiger partial charge in [0.05, 0.1) is 31.6 Å². The Balaban J connectivity index is 1.81. The van der Waals surface area contributed by atoms with Crippen molar-refractivity contribution < 1.29 is 14.3 Å². The van der Waals surface area contributed by atoms with Gasteiger partial charge in [0.1, 0.15) is 11.8 Å². The van der Waals surface area contributed by atoms with E-state index in [1.807, 2.05) is 4.90 Å². The first-order valence-electron chi connectivity index (χ1n) is 7.22. The van der Waals surface area contributed by atoms with Crippen LogP contribution in [0.4, 0.5) is 0 Å². The molecule has 112 valence electrons. The molecular formula is C15H19N3O3. The molecular weight excluding hydrogens is 270 g/mol. The van der Waals surface area contributed by atoms with E-state index in [0.29, 0.717) is 25.5 Å². The highest BCUT2D eigenvalue weighted by Crippen LogP contribution is 2.32. The lowest BCUT2D eigenvalue weighted by atomic mass is 10.1. The van der Waals surface area contributed by atoms with E-state index in [9.17, 15) is 4.79 Å². The first-order chi connectivity index (χ1) is 10.3. The molecule has 1 aliphatic carbocycles. The molecule has 6 heteroatoms. The van der Waals surface area contributed by atoms with Crippen molar-refractivity contribution in [1.82, 2.24) is 14.9 Å². The summed E-state index contributed by atoms with van der Waals surface area (Å²) in [5, 5.41) is 0. The lowest BCUT2D eigenvalue weighted by Crippen LogP contribution is -2.46. The molecule has 2 heterocycles. The molecule has 2 aliphatic rings.